The molecule has 3 N–H and O–H groups in total. The van der Waals surface area contributed by atoms with Gasteiger partial charge in [0, 0.05) is 13.1 Å². The molecule has 0 unspecified atom stereocenters. The summed E-state index contributed by atoms with van der Waals surface area (Å²) in [7, 11) is 0. The number of anilines is 2. The van der Waals surface area contributed by atoms with Crippen LogP contribution in [0.2, 0.25) is 0 Å². The number of rotatable bonds is 2. The van der Waals surface area contributed by atoms with Crippen LogP contribution in [0.25, 0.3) is 0 Å². The molecule has 0 bridgehead atoms. The monoisotopic (exact) mass is 194 g/mol. The van der Waals surface area contributed by atoms with Crippen LogP contribution in [0.5, 0.6) is 0 Å². The Hall–Kier alpha value is -1.33. The number of hydrazine groups is 1. The van der Waals surface area contributed by atoms with Gasteiger partial charge in [0.1, 0.15) is 5.82 Å². The molecule has 1 aromatic rings. The van der Waals surface area contributed by atoms with E-state index in [9.17, 15) is 0 Å². The standard InChI is InChI=1S/C9H14N4O/c10-12-9-2-1-8(7-11-9)13-3-5-14-6-4-13/h1-2,7H,3-6,10H2,(H,11,12). The number of pyridine rings is 1. The molecule has 5 nitrogen and oxygen atoms in total. The first kappa shape index (κ1) is 9.23. The zero-order valence-corrected chi connectivity index (χ0v) is 7.94. The number of aromatic nitrogens is 1. The molecule has 1 fully saturated rings. The van der Waals surface area contributed by atoms with E-state index in [-0.39, 0.29) is 0 Å². The van der Waals surface area contributed by atoms with Crippen molar-refractivity contribution in [2.75, 3.05) is 36.6 Å². The largest absolute Gasteiger partial charge is 0.378 e. The second-order valence-corrected chi connectivity index (χ2v) is 3.15. The van der Waals surface area contributed by atoms with Gasteiger partial charge in [0.2, 0.25) is 0 Å². The first-order valence-corrected chi connectivity index (χ1v) is 4.65. The first-order chi connectivity index (χ1) is 6.90. The normalized spacial score (nSPS) is 16.8. The number of ether oxygens (including phenoxy) is 1. The summed E-state index contributed by atoms with van der Waals surface area (Å²) in [4.78, 5) is 6.40. The van der Waals surface area contributed by atoms with Crippen molar-refractivity contribution < 1.29 is 4.74 Å². The SMILES string of the molecule is NNc1ccc(N2CCOCC2)cn1. The topological polar surface area (TPSA) is 63.4 Å². The van der Waals surface area contributed by atoms with Crippen LogP contribution in [-0.2, 0) is 4.74 Å². The summed E-state index contributed by atoms with van der Waals surface area (Å²) in [5.74, 6) is 5.91. The molecular weight excluding hydrogens is 180 g/mol. The van der Waals surface area contributed by atoms with Crippen molar-refractivity contribution >= 4 is 11.5 Å². The summed E-state index contributed by atoms with van der Waals surface area (Å²) >= 11 is 0. The number of nitrogens with two attached hydrogens (primary N) is 1. The lowest BCUT2D eigenvalue weighted by Crippen LogP contribution is -2.36. The molecule has 0 aliphatic carbocycles. The Labute approximate surface area is 82.8 Å². The molecule has 14 heavy (non-hydrogen) atoms. The summed E-state index contributed by atoms with van der Waals surface area (Å²) < 4.78 is 5.27. The molecule has 1 aromatic heterocycles. The highest BCUT2D eigenvalue weighted by molar-refractivity contribution is 5.49. The molecule has 1 aliphatic rings. The summed E-state index contributed by atoms with van der Waals surface area (Å²) in [6.45, 7) is 3.43. The van der Waals surface area contributed by atoms with E-state index in [1.54, 1.807) is 0 Å². The van der Waals surface area contributed by atoms with Gasteiger partial charge >= 0.3 is 0 Å². The fraction of sp³-hybridized carbons (Fsp3) is 0.444. The molecule has 0 spiro atoms. The van der Waals surface area contributed by atoms with Crippen molar-refractivity contribution in [1.29, 1.82) is 0 Å². The minimum atomic E-state index is 0.682. The fourth-order valence-electron chi connectivity index (χ4n) is 1.48. The maximum Gasteiger partial charge on any atom is 0.140 e. The molecule has 2 rings (SSSR count). The number of nitrogen functional groups attached to an aromatic ring is 1. The van der Waals surface area contributed by atoms with E-state index in [1.165, 1.54) is 0 Å². The van der Waals surface area contributed by atoms with Gasteiger partial charge in [0.05, 0.1) is 25.1 Å². The quantitative estimate of drug-likeness (QED) is 0.520. The molecule has 1 saturated heterocycles. The summed E-state index contributed by atoms with van der Waals surface area (Å²) in [5.41, 5.74) is 3.62. The molecule has 1 aliphatic heterocycles. The van der Waals surface area contributed by atoms with Gasteiger partial charge in [-0.3, -0.25) is 0 Å². The number of hydrogen-bond acceptors (Lipinski definition) is 5. The van der Waals surface area contributed by atoms with Crippen molar-refractivity contribution in [2.45, 2.75) is 0 Å². The predicted octanol–water partition coefficient (Wildman–Crippen LogP) is 0.204. The minimum Gasteiger partial charge on any atom is -0.378 e. The van der Waals surface area contributed by atoms with Gasteiger partial charge < -0.3 is 15.1 Å². The zero-order valence-electron chi connectivity index (χ0n) is 7.94. The molecule has 0 radical (unpaired) electrons. The van der Waals surface area contributed by atoms with Gasteiger partial charge in [0.15, 0.2) is 0 Å². The van der Waals surface area contributed by atoms with E-state index in [4.69, 9.17) is 10.6 Å². The van der Waals surface area contributed by atoms with Gasteiger partial charge in [-0.15, -0.1) is 0 Å². The molecular formula is C9H14N4O. The molecule has 76 valence electrons. The van der Waals surface area contributed by atoms with Crippen molar-refractivity contribution in [3.63, 3.8) is 0 Å². The Morgan fingerprint density at radius 1 is 1.36 bits per heavy atom. The molecule has 2 heterocycles. The zero-order chi connectivity index (χ0) is 9.80. The number of nitrogens with zero attached hydrogens (tertiary/aromatic N) is 2. The predicted molar refractivity (Wildman–Crippen MR) is 55.1 cm³/mol. The van der Waals surface area contributed by atoms with Gasteiger partial charge in [-0.2, -0.15) is 0 Å². The summed E-state index contributed by atoms with van der Waals surface area (Å²) in [6.07, 6.45) is 1.82. The van der Waals surface area contributed by atoms with Gasteiger partial charge in [-0.25, -0.2) is 10.8 Å². The maximum atomic E-state index is 5.27. The number of hydrogen-bond donors (Lipinski definition) is 2. The lowest BCUT2D eigenvalue weighted by atomic mass is 10.3. The third kappa shape index (κ3) is 1.94. The Morgan fingerprint density at radius 2 is 2.14 bits per heavy atom. The van der Waals surface area contributed by atoms with Crippen LogP contribution in [-0.4, -0.2) is 31.3 Å². The van der Waals surface area contributed by atoms with Crippen molar-refractivity contribution in [1.82, 2.24) is 4.98 Å². The molecule has 5 heteroatoms. The number of morpholine rings is 1. The average Bonchev–Trinajstić information content (AvgIpc) is 2.30. The van der Waals surface area contributed by atoms with Crippen molar-refractivity contribution in [3.05, 3.63) is 18.3 Å². The summed E-state index contributed by atoms with van der Waals surface area (Å²) in [5, 5.41) is 0. The fourth-order valence-corrected chi connectivity index (χ4v) is 1.48. The van der Waals surface area contributed by atoms with Gasteiger partial charge in [-0.1, -0.05) is 0 Å². The third-order valence-electron chi connectivity index (χ3n) is 2.27. The lowest BCUT2D eigenvalue weighted by Gasteiger charge is -2.28. The van der Waals surface area contributed by atoms with Crippen molar-refractivity contribution in [2.24, 2.45) is 5.84 Å². The van der Waals surface area contributed by atoms with Crippen molar-refractivity contribution in [3.8, 4) is 0 Å². The summed E-state index contributed by atoms with van der Waals surface area (Å²) in [6, 6.07) is 3.87. The van der Waals surface area contributed by atoms with Crippen LogP contribution in [0.15, 0.2) is 18.3 Å². The Kier molecular flexibility index (Phi) is 2.81. The van der Waals surface area contributed by atoms with Crippen LogP contribution in [0, 0.1) is 0 Å². The van der Waals surface area contributed by atoms with E-state index in [1.807, 2.05) is 18.3 Å². The molecule has 0 amide bonds. The highest BCUT2D eigenvalue weighted by Crippen LogP contribution is 2.15. The van der Waals surface area contributed by atoms with E-state index in [0.717, 1.165) is 32.0 Å². The Bertz CT molecular complexity index is 281. The van der Waals surface area contributed by atoms with Crippen LogP contribution >= 0.6 is 0 Å². The maximum absolute atomic E-state index is 5.27. The van der Waals surface area contributed by atoms with Gasteiger partial charge in [0.25, 0.3) is 0 Å². The highest BCUT2D eigenvalue weighted by Gasteiger charge is 2.10. The third-order valence-corrected chi connectivity index (χ3v) is 2.27. The van der Waals surface area contributed by atoms with Gasteiger partial charge in [-0.05, 0) is 12.1 Å². The molecule has 0 aromatic carbocycles. The minimum absolute atomic E-state index is 0.682. The second-order valence-electron chi connectivity index (χ2n) is 3.15. The van der Waals surface area contributed by atoms with Crippen LogP contribution in [0.1, 0.15) is 0 Å². The Balaban J connectivity index is 2.07. The van der Waals surface area contributed by atoms with Crippen LogP contribution in [0.4, 0.5) is 11.5 Å². The molecule has 0 atom stereocenters. The lowest BCUT2D eigenvalue weighted by molar-refractivity contribution is 0.122. The average molecular weight is 194 g/mol. The smallest absolute Gasteiger partial charge is 0.140 e. The Morgan fingerprint density at radius 3 is 2.71 bits per heavy atom. The van der Waals surface area contributed by atoms with E-state index >= 15 is 0 Å². The van der Waals surface area contributed by atoms with E-state index < -0.39 is 0 Å². The van der Waals surface area contributed by atoms with E-state index in [0.29, 0.717) is 5.82 Å². The number of nitrogens with one attached hydrogen (secondary N) is 1. The second kappa shape index (κ2) is 4.26. The van der Waals surface area contributed by atoms with Crippen LogP contribution in [0.3, 0.4) is 0 Å². The van der Waals surface area contributed by atoms with Crippen LogP contribution < -0.4 is 16.2 Å². The molecule has 0 saturated carbocycles. The first-order valence-electron chi connectivity index (χ1n) is 4.65. The highest BCUT2D eigenvalue weighted by atomic mass is 16.5. The van der Waals surface area contributed by atoms with E-state index in [2.05, 4.69) is 15.3 Å².